The molecule has 1 fully saturated rings. The monoisotopic (exact) mass is 346 g/mol. The van der Waals surface area contributed by atoms with E-state index in [9.17, 15) is 9.59 Å². The molecule has 0 heterocycles. The number of carbonyl (C=O) groups excluding carboxylic acids is 2. The predicted molar refractivity (Wildman–Crippen MR) is 97.4 cm³/mol. The van der Waals surface area contributed by atoms with Crippen molar-refractivity contribution in [1.82, 2.24) is 0 Å². The summed E-state index contributed by atoms with van der Waals surface area (Å²) >= 11 is 0. The van der Waals surface area contributed by atoms with Crippen molar-refractivity contribution < 1.29 is 19.1 Å². The predicted octanol–water partition coefficient (Wildman–Crippen LogP) is 4.46. The molecule has 0 saturated heterocycles. The van der Waals surface area contributed by atoms with Gasteiger partial charge >= 0.3 is 11.9 Å². The highest BCUT2D eigenvalue weighted by molar-refractivity contribution is 5.92. The number of rotatable bonds is 5. The molecule has 1 aliphatic carbocycles. The topological polar surface area (TPSA) is 52.6 Å². The van der Waals surface area contributed by atoms with Gasteiger partial charge in [0.25, 0.3) is 0 Å². The van der Waals surface area contributed by atoms with Gasteiger partial charge in [-0.15, -0.1) is 0 Å². The van der Waals surface area contributed by atoms with Gasteiger partial charge < -0.3 is 9.47 Å². The van der Waals surface area contributed by atoms with E-state index >= 15 is 0 Å². The zero-order valence-corrected chi connectivity index (χ0v) is 16.0. The summed E-state index contributed by atoms with van der Waals surface area (Å²) in [7, 11) is 0. The van der Waals surface area contributed by atoms with Crippen LogP contribution in [0.3, 0.4) is 0 Å². The normalized spacial score (nSPS) is 23.4. The van der Waals surface area contributed by atoms with E-state index in [-0.39, 0.29) is 12.7 Å². The second-order valence-corrected chi connectivity index (χ2v) is 7.68. The third kappa shape index (κ3) is 5.07. The van der Waals surface area contributed by atoms with Crippen molar-refractivity contribution in [3.63, 3.8) is 0 Å². The molecule has 25 heavy (non-hydrogen) atoms. The average molecular weight is 346 g/mol. The Bertz CT molecular complexity index is 620. The fraction of sp³-hybridized carbons (Fsp3) is 0.619. The molecular formula is C21H30O4. The number of benzene rings is 1. The van der Waals surface area contributed by atoms with Gasteiger partial charge in [-0.3, -0.25) is 0 Å². The van der Waals surface area contributed by atoms with Gasteiger partial charge in [0.2, 0.25) is 0 Å². The summed E-state index contributed by atoms with van der Waals surface area (Å²) in [5.41, 5.74) is 2.40. The van der Waals surface area contributed by atoms with Gasteiger partial charge in [0, 0.05) is 0 Å². The SMILES string of the molecule is Cc1cccc(C(=O)OCC(=O)OC2CC(C)CCC2C(C)C)c1C. The molecule has 0 aliphatic heterocycles. The van der Waals surface area contributed by atoms with Crippen molar-refractivity contribution in [3.8, 4) is 0 Å². The minimum absolute atomic E-state index is 0.0735. The molecule has 0 N–H and O–H groups in total. The molecule has 1 aromatic rings. The lowest BCUT2D eigenvalue weighted by atomic mass is 9.75. The Morgan fingerprint density at radius 1 is 1.20 bits per heavy atom. The van der Waals surface area contributed by atoms with Gasteiger partial charge in [-0.25, -0.2) is 9.59 Å². The summed E-state index contributed by atoms with van der Waals surface area (Å²) in [4.78, 5) is 24.4. The van der Waals surface area contributed by atoms with Crippen LogP contribution in [0.1, 0.15) is 61.5 Å². The fourth-order valence-corrected chi connectivity index (χ4v) is 3.63. The Labute approximate surface area is 150 Å². The maximum atomic E-state index is 12.2. The van der Waals surface area contributed by atoms with Crippen molar-refractivity contribution >= 4 is 11.9 Å². The highest BCUT2D eigenvalue weighted by Gasteiger charge is 2.33. The lowest BCUT2D eigenvalue weighted by molar-refractivity contribution is -0.159. The van der Waals surface area contributed by atoms with Crippen LogP contribution in [0.2, 0.25) is 0 Å². The summed E-state index contributed by atoms with van der Waals surface area (Å²) in [5.74, 6) is 0.488. The highest BCUT2D eigenvalue weighted by Crippen LogP contribution is 2.35. The maximum absolute atomic E-state index is 12.2. The van der Waals surface area contributed by atoms with Crippen LogP contribution < -0.4 is 0 Å². The van der Waals surface area contributed by atoms with Crippen LogP contribution in [-0.2, 0) is 14.3 Å². The van der Waals surface area contributed by atoms with Crippen molar-refractivity contribution in [2.75, 3.05) is 6.61 Å². The van der Waals surface area contributed by atoms with Gasteiger partial charge in [-0.05, 0) is 61.6 Å². The number of hydrogen-bond acceptors (Lipinski definition) is 4. The molecule has 0 radical (unpaired) electrons. The van der Waals surface area contributed by atoms with Crippen molar-refractivity contribution in [1.29, 1.82) is 0 Å². The molecule has 1 aromatic carbocycles. The third-order valence-electron chi connectivity index (χ3n) is 5.39. The molecule has 4 heteroatoms. The molecule has 0 bridgehead atoms. The Hall–Kier alpha value is -1.84. The van der Waals surface area contributed by atoms with Gasteiger partial charge in [0.05, 0.1) is 5.56 Å². The lowest BCUT2D eigenvalue weighted by Gasteiger charge is -2.36. The van der Waals surface area contributed by atoms with Crippen LogP contribution in [-0.4, -0.2) is 24.6 Å². The highest BCUT2D eigenvalue weighted by atomic mass is 16.6. The van der Waals surface area contributed by atoms with Crippen LogP contribution in [0.4, 0.5) is 0 Å². The molecule has 138 valence electrons. The van der Waals surface area contributed by atoms with Crippen LogP contribution in [0.5, 0.6) is 0 Å². The minimum atomic E-state index is -0.476. The lowest BCUT2D eigenvalue weighted by Crippen LogP contribution is -2.36. The van der Waals surface area contributed by atoms with Gasteiger partial charge in [0.1, 0.15) is 6.10 Å². The number of hydrogen-bond donors (Lipinski definition) is 0. The molecule has 0 spiro atoms. The Morgan fingerprint density at radius 3 is 2.60 bits per heavy atom. The minimum Gasteiger partial charge on any atom is -0.460 e. The molecular weight excluding hydrogens is 316 g/mol. The molecule has 1 saturated carbocycles. The number of ether oxygens (including phenoxy) is 2. The number of esters is 2. The smallest absolute Gasteiger partial charge is 0.344 e. The molecule has 0 amide bonds. The molecule has 3 unspecified atom stereocenters. The second kappa shape index (κ2) is 8.50. The zero-order valence-electron chi connectivity index (χ0n) is 16.0. The quantitative estimate of drug-likeness (QED) is 0.739. The van der Waals surface area contributed by atoms with Gasteiger partial charge in [-0.2, -0.15) is 0 Å². The van der Waals surface area contributed by atoms with Gasteiger partial charge in [-0.1, -0.05) is 39.3 Å². The Balaban J connectivity index is 1.91. The van der Waals surface area contributed by atoms with Gasteiger partial charge in [0.15, 0.2) is 6.61 Å². The maximum Gasteiger partial charge on any atom is 0.344 e. The molecule has 3 atom stereocenters. The van der Waals surface area contributed by atoms with E-state index in [1.165, 1.54) is 6.42 Å². The van der Waals surface area contributed by atoms with E-state index in [1.807, 2.05) is 26.0 Å². The first kappa shape index (κ1) is 19.5. The van der Waals surface area contributed by atoms with E-state index in [4.69, 9.17) is 9.47 Å². The van der Waals surface area contributed by atoms with Crippen LogP contribution in [0.25, 0.3) is 0 Å². The third-order valence-corrected chi connectivity index (χ3v) is 5.39. The number of aryl methyl sites for hydroxylation is 1. The van der Waals surface area contributed by atoms with E-state index in [0.717, 1.165) is 24.0 Å². The second-order valence-electron chi connectivity index (χ2n) is 7.68. The first-order chi connectivity index (χ1) is 11.8. The summed E-state index contributed by atoms with van der Waals surface area (Å²) in [6, 6.07) is 5.47. The molecule has 2 rings (SSSR count). The van der Waals surface area contributed by atoms with E-state index in [1.54, 1.807) is 6.07 Å². The largest absolute Gasteiger partial charge is 0.460 e. The summed E-state index contributed by atoms with van der Waals surface area (Å²) in [5, 5.41) is 0. The standard InChI is InChI=1S/C21H30O4/c1-13(2)17-10-9-14(3)11-19(17)25-20(22)12-24-21(23)18-8-6-7-15(4)16(18)5/h6-8,13-14,17,19H,9-12H2,1-5H3. The number of carbonyl (C=O) groups is 2. The molecule has 4 nitrogen and oxygen atoms in total. The summed E-state index contributed by atoms with van der Waals surface area (Å²) in [6.07, 6.45) is 3.08. The Kier molecular flexibility index (Phi) is 6.63. The van der Waals surface area contributed by atoms with Crippen LogP contribution in [0, 0.1) is 31.6 Å². The molecule has 1 aliphatic rings. The van der Waals surface area contributed by atoms with E-state index < -0.39 is 11.9 Å². The summed E-state index contributed by atoms with van der Waals surface area (Å²) < 4.78 is 10.8. The van der Waals surface area contributed by atoms with E-state index in [2.05, 4.69) is 20.8 Å². The molecule has 0 aromatic heterocycles. The fourth-order valence-electron chi connectivity index (χ4n) is 3.63. The van der Waals surface area contributed by atoms with Crippen molar-refractivity contribution in [2.24, 2.45) is 17.8 Å². The van der Waals surface area contributed by atoms with E-state index in [0.29, 0.717) is 23.3 Å². The van der Waals surface area contributed by atoms with Crippen LogP contribution >= 0.6 is 0 Å². The average Bonchev–Trinajstić information content (AvgIpc) is 2.55. The first-order valence-electron chi connectivity index (χ1n) is 9.22. The van der Waals surface area contributed by atoms with Crippen LogP contribution in [0.15, 0.2) is 18.2 Å². The first-order valence-corrected chi connectivity index (χ1v) is 9.22. The van der Waals surface area contributed by atoms with Crippen molar-refractivity contribution in [3.05, 3.63) is 34.9 Å². The zero-order chi connectivity index (χ0) is 18.6. The summed E-state index contributed by atoms with van der Waals surface area (Å²) in [6.45, 7) is 10.0. The Morgan fingerprint density at radius 2 is 1.92 bits per heavy atom. The van der Waals surface area contributed by atoms with Crippen molar-refractivity contribution in [2.45, 2.75) is 60.0 Å².